The summed E-state index contributed by atoms with van der Waals surface area (Å²) in [5, 5.41) is 5.68. The maximum atomic E-state index is 13.4. The van der Waals surface area contributed by atoms with E-state index in [2.05, 4.69) is 34.7 Å². The highest BCUT2D eigenvalue weighted by molar-refractivity contribution is 6.05. The molecule has 3 aliphatic rings. The number of amides is 2. The first-order chi connectivity index (χ1) is 18.5. The van der Waals surface area contributed by atoms with Crippen LogP contribution in [0.25, 0.3) is 5.70 Å². The Morgan fingerprint density at radius 2 is 1.89 bits per heavy atom. The second-order valence-corrected chi connectivity index (χ2v) is 10.1. The molecule has 2 N–H and O–H groups in total. The van der Waals surface area contributed by atoms with Gasteiger partial charge in [-0.3, -0.25) is 19.1 Å². The number of hydrogen-bond acceptors (Lipinski definition) is 5. The molecule has 0 saturated heterocycles. The van der Waals surface area contributed by atoms with Gasteiger partial charge in [-0.15, -0.1) is 0 Å². The highest BCUT2D eigenvalue weighted by atomic mass is 16.5. The predicted octanol–water partition coefficient (Wildman–Crippen LogP) is 4.82. The van der Waals surface area contributed by atoms with Crippen molar-refractivity contribution in [1.82, 2.24) is 14.3 Å². The lowest BCUT2D eigenvalue weighted by Crippen LogP contribution is -2.27. The molecule has 0 radical (unpaired) electrons. The monoisotopic (exact) mass is 511 g/mol. The lowest BCUT2D eigenvalue weighted by molar-refractivity contribution is -0.117. The van der Waals surface area contributed by atoms with E-state index in [4.69, 9.17) is 4.74 Å². The maximum Gasteiger partial charge on any atom is 0.284 e. The number of nitrogens with one attached hydrogen (secondary N) is 2. The van der Waals surface area contributed by atoms with Crippen LogP contribution < -0.4 is 20.9 Å². The van der Waals surface area contributed by atoms with E-state index in [1.807, 2.05) is 10.8 Å². The molecule has 1 aromatic carbocycles. The minimum absolute atomic E-state index is 0.0168. The number of aromatic nitrogens is 3. The molecule has 194 valence electrons. The number of hydrogen-bond donors (Lipinski definition) is 2. The Bertz CT molecular complexity index is 1530. The third-order valence-corrected chi connectivity index (χ3v) is 7.08. The molecule has 0 bridgehead atoms. The van der Waals surface area contributed by atoms with Crippen molar-refractivity contribution in [1.29, 1.82) is 0 Å². The quantitative estimate of drug-likeness (QED) is 0.473. The average Bonchev–Trinajstić information content (AvgIpc) is 3.60. The molecule has 1 aliphatic heterocycles. The van der Waals surface area contributed by atoms with Gasteiger partial charge in [-0.1, -0.05) is 19.1 Å². The molecule has 9 nitrogen and oxygen atoms in total. The van der Waals surface area contributed by atoms with Crippen molar-refractivity contribution < 1.29 is 14.3 Å². The Hall–Kier alpha value is -4.40. The van der Waals surface area contributed by atoms with Gasteiger partial charge in [-0.05, 0) is 74.4 Å². The standard InChI is InChI=1S/C29H29N5O4/c1-18-4-10-21(11-5-18)34-29(37)26(24-3-2-16-33(24)34)28(36)31-20-8-12-22(13-9-20)38-23-14-15-30-25(17-23)32-27(35)19-6-7-19/h4,8-15,17-19H,2-3,5-7,16H2,1H3,(H,31,36)(H,30,32,35). The molecular formula is C29H29N5O4. The summed E-state index contributed by atoms with van der Waals surface area (Å²) in [4.78, 5) is 42.8. The first kappa shape index (κ1) is 24.0. The predicted molar refractivity (Wildman–Crippen MR) is 144 cm³/mol. The van der Waals surface area contributed by atoms with Gasteiger partial charge in [-0.25, -0.2) is 9.67 Å². The Morgan fingerprint density at radius 3 is 2.63 bits per heavy atom. The molecule has 2 aliphatic carbocycles. The Balaban J connectivity index is 1.16. The number of benzene rings is 1. The van der Waals surface area contributed by atoms with Gasteiger partial charge in [0.1, 0.15) is 22.9 Å². The largest absolute Gasteiger partial charge is 0.457 e. The third kappa shape index (κ3) is 4.79. The van der Waals surface area contributed by atoms with E-state index in [0.29, 0.717) is 41.9 Å². The highest BCUT2D eigenvalue weighted by Gasteiger charge is 2.30. The van der Waals surface area contributed by atoms with E-state index >= 15 is 0 Å². The van der Waals surface area contributed by atoms with Crippen LogP contribution in [-0.4, -0.2) is 26.2 Å². The van der Waals surface area contributed by atoms with Crippen molar-refractivity contribution in [2.45, 2.75) is 45.6 Å². The molecule has 2 amide bonds. The molecule has 9 heteroatoms. The average molecular weight is 512 g/mol. The van der Waals surface area contributed by atoms with Gasteiger partial charge in [-0.2, -0.15) is 0 Å². The number of carbonyl (C=O) groups excluding carboxylic acids is 2. The zero-order chi connectivity index (χ0) is 26.2. The first-order valence-corrected chi connectivity index (χ1v) is 13.1. The SMILES string of the molecule is CC1C=CC(n2c(=O)c(C(=O)Nc3ccc(Oc4ccnc(NC(=O)C5CC5)c4)cc3)c3n2CCC3)=CC1. The van der Waals surface area contributed by atoms with Gasteiger partial charge in [0.25, 0.3) is 11.5 Å². The number of fused-ring (bicyclic) bond motifs is 1. The summed E-state index contributed by atoms with van der Waals surface area (Å²) in [5.41, 5.74) is 2.08. The summed E-state index contributed by atoms with van der Waals surface area (Å²) in [6.07, 6.45) is 12.0. The zero-order valence-electron chi connectivity index (χ0n) is 21.1. The van der Waals surface area contributed by atoms with Gasteiger partial charge in [0.2, 0.25) is 5.91 Å². The van der Waals surface area contributed by atoms with E-state index in [9.17, 15) is 14.4 Å². The maximum absolute atomic E-state index is 13.4. The molecule has 1 unspecified atom stereocenters. The van der Waals surface area contributed by atoms with Crippen molar-refractivity contribution in [2.75, 3.05) is 10.6 Å². The molecule has 1 fully saturated rings. The van der Waals surface area contributed by atoms with E-state index in [1.165, 1.54) is 0 Å². The van der Waals surface area contributed by atoms with Crippen LogP contribution in [0.2, 0.25) is 0 Å². The van der Waals surface area contributed by atoms with Crippen LogP contribution in [-0.2, 0) is 17.8 Å². The van der Waals surface area contributed by atoms with Gasteiger partial charge in [0, 0.05) is 30.4 Å². The van der Waals surface area contributed by atoms with Gasteiger partial charge < -0.3 is 15.4 Å². The van der Waals surface area contributed by atoms with Crippen LogP contribution in [0, 0.1) is 11.8 Å². The van der Waals surface area contributed by atoms with Crippen LogP contribution in [0.4, 0.5) is 11.5 Å². The fourth-order valence-electron chi connectivity index (χ4n) is 4.88. The molecule has 0 spiro atoms. The van der Waals surface area contributed by atoms with Crippen LogP contribution >= 0.6 is 0 Å². The number of pyridine rings is 1. The molecule has 6 rings (SSSR count). The number of ether oxygens (including phenoxy) is 1. The van der Waals surface area contributed by atoms with Crippen molar-refractivity contribution >= 4 is 29.0 Å². The topological polar surface area (TPSA) is 107 Å². The zero-order valence-corrected chi connectivity index (χ0v) is 21.1. The van der Waals surface area contributed by atoms with E-state index in [-0.39, 0.29) is 22.9 Å². The summed E-state index contributed by atoms with van der Waals surface area (Å²) >= 11 is 0. The number of allylic oxidation sites excluding steroid dienone is 4. The lowest BCUT2D eigenvalue weighted by atomic mass is 10.0. The van der Waals surface area contributed by atoms with Gasteiger partial charge in [0.15, 0.2) is 0 Å². The number of carbonyl (C=O) groups is 2. The second kappa shape index (κ2) is 9.81. The van der Waals surface area contributed by atoms with Crippen LogP contribution in [0.5, 0.6) is 11.5 Å². The van der Waals surface area contributed by atoms with E-state index in [1.54, 1.807) is 47.3 Å². The Kier molecular flexibility index (Phi) is 6.19. The van der Waals surface area contributed by atoms with Crippen molar-refractivity contribution in [3.8, 4) is 11.5 Å². The summed E-state index contributed by atoms with van der Waals surface area (Å²) in [5.74, 6) is 1.64. The van der Waals surface area contributed by atoms with Crippen LogP contribution in [0.1, 0.15) is 48.7 Å². The smallest absolute Gasteiger partial charge is 0.284 e. The van der Waals surface area contributed by atoms with E-state index < -0.39 is 5.91 Å². The Morgan fingerprint density at radius 1 is 1.08 bits per heavy atom. The number of nitrogens with zero attached hydrogens (tertiary/aromatic N) is 3. The fourth-order valence-corrected chi connectivity index (χ4v) is 4.88. The highest BCUT2D eigenvalue weighted by Crippen LogP contribution is 2.31. The number of rotatable bonds is 7. The van der Waals surface area contributed by atoms with Crippen LogP contribution in [0.15, 0.2) is 65.6 Å². The molecule has 3 aromatic rings. The fraction of sp³-hybridized carbons (Fsp3) is 0.310. The van der Waals surface area contributed by atoms with Gasteiger partial charge >= 0.3 is 0 Å². The minimum atomic E-state index is -0.410. The second-order valence-electron chi connectivity index (χ2n) is 10.1. The minimum Gasteiger partial charge on any atom is -0.457 e. The molecule has 2 aromatic heterocycles. The first-order valence-electron chi connectivity index (χ1n) is 13.1. The normalized spacial score (nSPS) is 18.0. The summed E-state index contributed by atoms with van der Waals surface area (Å²) in [7, 11) is 0. The van der Waals surface area contributed by atoms with Crippen molar-refractivity contribution in [3.63, 3.8) is 0 Å². The van der Waals surface area contributed by atoms with Crippen molar-refractivity contribution in [2.24, 2.45) is 11.8 Å². The summed E-state index contributed by atoms with van der Waals surface area (Å²) < 4.78 is 9.49. The van der Waals surface area contributed by atoms with Crippen LogP contribution in [0.3, 0.4) is 0 Å². The van der Waals surface area contributed by atoms with Gasteiger partial charge in [0.05, 0.1) is 11.4 Å². The summed E-state index contributed by atoms with van der Waals surface area (Å²) in [6, 6.07) is 10.3. The van der Waals surface area contributed by atoms with E-state index in [0.717, 1.165) is 37.1 Å². The number of anilines is 2. The Labute approximate surface area is 219 Å². The molecule has 38 heavy (non-hydrogen) atoms. The molecular weight excluding hydrogens is 482 g/mol. The molecule has 3 heterocycles. The lowest BCUT2D eigenvalue weighted by Gasteiger charge is -2.15. The molecule has 1 atom stereocenters. The third-order valence-electron chi connectivity index (χ3n) is 7.08. The van der Waals surface area contributed by atoms with Crippen molar-refractivity contribution in [3.05, 3.63) is 82.4 Å². The summed E-state index contributed by atoms with van der Waals surface area (Å²) in [6.45, 7) is 2.85. The molecule has 1 saturated carbocycles.